The van der Waals surface area contributed by atoms with Gasteiger partial charge in [-0.15, -0.1) is 11.3 Å². The third-order valence-corrected chi connectivity index (χ3v) is 7.49. The Labute approximate surface area is 166 Å². The van der Waals surface area contributed by atoms with E-state index in [1.807, 2.05) is 35.2 Å². The second kappa shape index (κ2) is 7.47. The van der Waals surface area contributed by atoms with Crippen LogP contribution in [0.25, 0.3) is 10.8 Å². The Morgan fingerprint density at radius 1 is 1.07 bits per heavy atom. The lowest BCUT2D eigenvalue weighted by Gasteiger charge is -2.33. The molecule has 0 unspecified atom stereocenters. The third-order valence-electron chi connectivity index (χ3n) is 4.69. The summed E-state index contributed by atoms with van der Waals surface area (Å²) < 4.78 is 27.5. The number of carbonyl (C=O) groups excluding carboxylic acids is 1. The summed E-state index contributed by atoms with van der Waals surface area (Å²) >= 11 is 1.28. The molecule has 0 atom stereocenters. The van der Waals surface area contributed by atoms with Crippen LogP contribution in [0.4, 0.5) is 5.13 Å². The molecule has 4 rings (SSSR count). The molecule has 2 heterocycles. The van der Waals surface area contributed by atoms with Gasteiger partial charge in [0.25, 0.3) is 5.91 Å². The van der Waals surface area contributed by atoms with Gasteiger partial charge in [-0.1, -0.05) is 30.3 Å². The molecule has 0 radical (unpaired) electrons. The molecule has 1 fully saturated rings. The molecule has 0 bridgehead atoms. The van der Waals surface area contributed by atoms with Crippen molar-refractivity contribution < 1.29 is 18.4 Å². The number of thiazole rings is 1. The molecule has 0 aliphatic carbocycles. The van der Waals surface area contributed by atoms with Gasteiger partial charge in [0, 0.05) is 31.6 Å². The molecule has 1 aromatic heterocycles. The first kappa shape index (κ1) is 18.8. The highest BCUT2D eigenvalue weighted by molar-refractivity contribution is 7.89. The van der Waals surface area contributed by atoms with E-state index in [4.69, 9.17) is 5.21 Å². The van der Waals surface area contributed by atoms with Crippen LogP contribution in [0.1, 0.15) is 10.5 Å². The van der Waals surface area contributed by atoms with Crippen LogP contribution in [0, 0.1) is 0 Å². The zero-order valence-corrected chi connectivity index (χ0v) is 16.4. The van der Waals surface area contributed by atoms with E-state index in [9.17, 15) is 13.2 Å². The lowest BCUT2D eigenvalue weighted by atomic mass is 10.1. The predicted octanol–water partition coefficient (Wildman–Crippen LogP) is 1.93. The van der Waals surface area contributed by atoms with Crippen molar-refractivity contribution in [2.45, 2.75) is 4.90 Å². The maximum absolute atomic E-state index is 13.0. The first-order chi connectivity index (χ1) is 13.5. The first-order valence-corrected chi connectivity index (χ1v) is 10.9. The Balaban J connectivity index is 1.49. The summed E-state index contributed by atoms with van der Waals surface area (Å²) in [6, 6.07) is 12.8. The van der Waals surface area contributed by atoms with Crippen LogP contribution >= 0.6 is 11.3 Å². The fraction of sp³-hybridized carbons (Fsp3) is 0.222. The summed E-state index contributed by atoms with van der Waals surface area (Å²) in [4.78, 5) is 17.8. The Bertz CT molecular complexity index is 1120. The highest BCUT2D eigenvalue weighted by atomic mass is 32.2. The number of nitrogens with zero attached hydrogens (tertiary/aromatic N) is 3. The molecule has 0 saturated carbocycles. The number of anilines is 1. The minimum atomic E-state index is -3.58. The second-order valence-electron chi connectivity index (χ2n) is 6.36. The van der Waals surface area contributed by atoms with Crippen molar-refractivity contribution in [2.75, 3.05) is 31.1 Å². The van der Waals surface area contributed by atoms with Gasteiger partial charge >= 0.3 is 0 Å². The topological polar surface area (TPSA) is 103 Å². The summed E-state index contributed by atoms with van der Waals surface area (Å²) in [7, 11) is -3.58. The smallest absolute Gasteiger partial charge is 0.294 e. The standard InChI is InChI=1S/C18H18N4O4S2/c23-17(20-24)16-12-27-18(19-16)21-7-9-22(10-8-21)28(25,26)15-6-5-13-3-1-2-4-14(13)11-15/h1-6,11-12,24H,7-10H2,(H,20,23). The number of nitrogens with one attached hydrogen (secondary N) is 1. The van der Waals surface area contributed by atoms with E-state index in [2.05, 4.69) is 4.98 Å². The van der Waals surface area contributed by atoms with Crippen molar-refractivity contribution in [1.29, 1.82) is 0 Å². The summed E-state index contributed by atoms with van der Waals surface area (Å²) in [5.41, 5.74) is 1.69. The number of hydrogen-bond acceptors (Lipinski definition) is 7. The number of carbonyl (C=O) groups is 1. The van der Waals surface area contributed by atoms with E-state index in [1.165, 1.54) is 15.6 Å². The van der Waals surface area contributed by atoms with Crippen LogP contribution in [0.15, 0.2) is 52.7 Å². The van der Waals surface area contributed by atoms with E-state index in [-0.39, 0.29) is 10.6 Å². The molecule has 146 valence electrons. The van der Waals surface area contributed by atoms with Crippen molar-refractivity contribution in [3.63, 3.8) is 0 Å². The maximum Gasteiger partial charge on any atom is 0.294 e. The molecule has 10 heteroatoms. The van der Waals surface area contributed by atoms with Crippen LogP contribution in [0.5, 0.6) is 0 Å². The normalized spacial score (nSPS) is 15.7. The Morgan fingerprint density at radius 2 is 1.79 bits per heavy atom. The molecule has 2 aromatic carbocycles. The van der Waals surface area contributed by atoms with Gasteiger partial charge in [0.05, 0.1) is 4.90 Å². The number of benzene rings is 2. The lowest BCUT2D eigenvalue weighted by Crippen LogP contribution is -2.48. The summed E-state index contributed by atoms with van der Waals surface area (Å²) in [6.07, 6.45) is 0. The average Bonchev–Trinajstić information content (AvgIpc) is 3.23. The monoisotopic (exact) mass is 418 g/mol. The van der Waals surface area contributed by atoms with Crippen molar-refractivity contribution >= 4 is 43.2 Å². The van der Waals surface area contributed by atoms with Crippen molar-refractivity contribution in [3.05, 3.63) is 53.5 Å². The van der Waals surface area contributed by atoms with Gasteiger partial charge in [-0.2, -0.15) is 4.31 Å². The van der Waals surface area contributed by atoms with Gasteiger partial charge in [0.15, 0.2) is 5.13 Å². The predicted molar refractivity (Wildman–Crippen MR) is 106 cm³/mol. The summed E-state index contributed by atoms with van der Waals surface area (Å²) in [5, 5.41) is 12.8. The number of hydroxylamine groups is 1. The molecule has 1 aliphatic heterocycles. The molecule has 3 aromatic rings. The Kier molecular flexibility index (Phi) is 5.02. The number of fused-ring (bicyclic) bond motifs is 1. The molecule has 2 N–H and O–H groups in total. The molecule has 1 saturated heterocycles. The van der Waals surface area contributed by atoms with Gasteiger partial charge in [-0.25, -0.2) is 18.9 Å². The van der Waals surface area contributed by atoms with Gasteiger partial charge in [0.2, 0.25) is 10.0 Å². The molecule has 8 nitrogen and oxygen atoms in total. The van der Waals surface area contributed by atoms with Crippen LogP contribution < -0.4 is 10.4 Å². The van der Waals surface area contributed by atoms with Crippen molar-refractivity contribution in [2.24, 2.45) is 0 Å². The quantitative estimate of drug-likeness (QED) is 0.496. The molecule has 1 aliphatic rings. The SMILES string of the molecule is O=C(NO)c1csc(N2CCN(S(=O)(=O)c3ccc4ccccc4c3)CC2)n1. The zero-order chi connectivity index (χ0) is 19.7. The van der Waals surface area contributed by atoms with E-state index < -0.39 is 15.9 Å². The molecule has 0 spiro atoms. The van der Waals surface area contributed by atoms with Crippen LogP contribution in [-0.4, -0.2) is 55.0 Å². The lowest BCUT2D eigenvalue weighted by molar-refractivity contribution is 0.0701. The largest absolute Gasteiger partial charge is 0.345 e. The first-order valence-electron chi connectivity index (χ1n) is 8.63. The second-order valence-corrected chi connectivity index (χ2v) is 9.13. The van der Waals surface area contributed by atoms with E-state index in [1.54, 1.807) is 23.0 Å². The number of sulfonamides is 1. The average molecular weight is 419 g/mol. The van der Waals surface area contributed by atoms with Gasteiger partial charge in [-0.3, -0.25) is 10.0 Å². The number of hydrogen-bond donors (Lipinski definition) is 2. The molecular formula is C18H18N4O4S2. The fourth-order valence-corrected chi connectivity index (χ4v) is 5.49. The minimum absolute atomic E-state index is 0.133. The molecule has 1 amide bonds. The molecule has 28 heavy (non-hydrogen) atoms. The highest BCUT2D eigenvalue weighted by Crippen LogP contribution is 2.26. The van der Waals surface area contributed by atoms with Crippen LogP contribution in [-0.2, 0) is 10.0 Å². The van der Waals surface area contributed by atoms with Gasteiger partial charge in [0.1, 0.15) is 5.69 Å². The summed E-state index contributed by atoms with van der Waals surface area (Å²) in [6.45, 7) is 1.60. The highest BCUT2D eigenvalue weighted by Gasteiger charge is 2.29. The third kappa shape index (κ3) is 3.47. The summed E-state index contributed by atoms with van der Waals surface area (Å²) in [5.74, 6) is -0.667. The van der Waals surface area contributed by atoms with E-state index in [0.29, 0.717) is 31.3 Å². The minimum Gasteiger partial charge on any atom is -0.345 e. The van der Waals surface area contributed by atoms with Gasteiger partial charge in [-0.05, 0) is 22.9 Å². The van der Waals surface area contributed by atoms with Gasteiger partial charge < -0.3 is 4.90 Å². The number of aromatic nitrogens is 1. The van der Waals surface area contributed by atoms with Crippen molar-refractivity contribution in [3.8, 4) is 0 Å². The zero-order valence-electron chi connectivity index (χ0n) is 14.8. The van der Waals surface area contributed by atoms with E-state index in [0.717, 1.165) is 10.8 Å². The van der Waals surface area contributed by atoms with Crippen molar-refractivity contribution in [1.82, 2.24) is 14.8 Å². The number of rotatable bonds is 4. The van der Waals surface area contributed by atoms with E-state index >= 15 is 0 Å². The van der Waals surface area contributed by atoms with Crippen LogP contribution in [0.3, 0.4) is 0 Å². The number of piperazine rings is 1. The fourth-order valence-electron chi connectivity index (χ4n) is 3.17. The molecular weight excluding hydrogens is 400 g/mol. The Morgan fingerprint density at radius 3 is 2.50 bits per heavy atom. The van der Waals surface area contributed by atoms with Crippen LogP contribution in [0.2, 0.25) is 0 Å². The Hall–Kier alpha value is -2.53. The maximum atomic E-state index is 13.0. The number of amides is 1.